The van der Waals surface area contributed by atoms with Crippen LogP contribution in [-0.2, 0) is 4.79 Å². The monoisotopic (exact) mass is 207 g/mol. The average Bonchev–Trinajstić information content (AvgIpc) is 1.97. The first-order valence-corrected chi connectivity index (χ1v) is 4.69. The number of hydrogen-bond acceptors (Lipinski definition) is 3. The molecule has 1 saturated carbocycles. The van der Waals surface area contributed by atoms with Crippen molar-refractivity contribution in [2.24, 2.45) is 11.7 Å². The second-order valence-corrected chi connectivity index (χ2v) is 3.88. The summed E-state index contributed by atoms with van der Waals surface area (Å²) in [5.74, 6) is -4.62. The van der Waals surface area contributed by atoms with Gasteiger partial charge in [-0.25, -0.2) is 8.78 Å². The molecule has 14 heavy (non-hydrogen) atoms. The topological polar surface area (TPSA) is 63.3 Å². The van der Waals surface area contributed by atoms with Gasteiger partial charge in [-0.2, -0.15) is 0 Å². The molecule has 1 fully saturated rings. The molecule has 0 heterocycles. The number of ketones is 1. The third-order valence-electron chi connectivity index (χ3n) is 2.85. The van der Waals surface area contributed by atoms with E-state index in [1.54, 1.807) is 0 Å². The molecule has 3 N–H and O–H groups in total. The zero-order valence-electron chi connectivity index (χ0n) is 8.04. The fraction of sp³-hybridized carbons (Fsp3) is 0.889. The van der Waals surface area contributed by atoms with E-state index < -0.39 is 29.8 Å². The first-order chi connectivity index (χ1) is 6.37. The molecule has 0 amide bonds. The van der Waals surface area contributed by atoms with Gasteiger partial charge < -0.3 is 10.8 Å². The summed E-state index contributed by atoms with van der Waals surface area (Å²) in [5, 5.41) is 9.14. The standard InChI is InChI=1S/C9H15F2NO2/c1-5(13)7(14)8(12)9(10,11)6-3-2-4-6/h6-8,14H,2-4,12H2,1H3. The predicted octanol–water partition coefficient (Wildman–Crippen LogP) is 0.699. The van der Waals surface area contributed by atoms with Gasteiger partial charge in [0.2, 0.25) is 0 Å². The smallest absolute Gasteiger partial charge is 0.268 e. The van der Waals surface area contributed by atoms with E-state index in [9.17, 15) is 13.6 Å². The summed E-state index contributed by atoms with van der Waals surface area (Å²) in [7, 11) is 0. The molecular formula is C9H15F2NO2. The SMILES string of the molecule is CC(=O)C(O)C(N)C(F)(F)C1CCC1. The van der Waals surface area contributed by atoms with Gasteiger partial charge in [-0.1, -0.05) is 6.42 Å². The number of rotatable bonds is 4. The molecule has 1 aliphatic rings. The highest BCUT2D eigenvalue weighted by Crippen LogP contribution is 2.42. The Labute approximate surface area is 81.3 Å². The lowest BCUT2D eigenvalue weighted by Gasteiger charge is -2.37. The van der Waals surface area contributed by atoms with Gasteiger partial charge in [0.25, 0.3) is 5.92 Å². The van der Waals surface area contributed by atoms with Crippen LogP contribution < -0.4 is 5.73 Å². The van der Waals surface area contributed by atoms with Crippen molar-refractivity contribution < 1.29 is 18.7 Å². The molecule has 0 aromatic carbocycles. The maximum atomic E-state index is 13.4. The number of carbonyl (C=O) groups is 1. The van der Waals surface area contributed by atoms with E-state index in [-0.39, 0.29) is 0 Å². The molecule has 0 aromatic rings. The zero-order chi connectivity index (χ0) is 10.9. The first-order valence-electron chi connectivity index (χ1n) is 4.69. The summed E-state index contributed by atoms with van der Waals surface area (Å²) in [5.41, 5.74) is 5.19. The van der Waals surface area contributed by atoms with Gasteiger partial charge in [0.1, 0.15) is 12.1 Å². The largest absolute Gasteiger partial charge is 0.383 e. The molecule has 5 heteroatoms. The van der Waals surface area contributed by atoms with Gasteiger partial charge in [-0.15, -0.1) is 0 Å². The number of nitrogens with two attached hydrogens (primary N) is 1. The van der Waals surface area contributed by atoms with Crippen LogP contribution in [0, 0.1) is 5.92 Å². The minimum Gasteiger partial charge on any atom is -0.383 e. The average molecular weight is 207 g/mol. The van der Waals surface area contributed by atoms with Gasteiger partial charge in [0.05, 0.1) is 0 Å². The maximum Gasteiger partial charge on any atom is 0.268 e. The van der Waals surface area contributed by atoms with E-state index in [0.717, 1.165) is 13.3 Å². The van der Waals surface area contributed by atoms with Crippen molar-refractivity contribution in [2.45, 2.75) is 44.3 Å². The van der Waals surface area contributed by atoms with Crippen LogP contribution in [0.15, 0.2) is 0 Å². The van der Waals surface area contributed by atoms with Crippen LogP contribution in [0.2, 0.25) is 0 Å². The minimum atomic E-state index is -3.14. The summed E-state index contributed by atoms with van der Waals surface area (Å²) in [4.78, 5) is 10.7. The second-order valence-electron chi connectivity index (χ2n) is 3.88. The van der Waals surface area contributed by atoms with Crippen LogP contribution in [0.5, 0.6) is 0 Å². The molecule has 2 atom stereocenters. The zero-order valence-corrected chi connectivity index (χ0v) is 8.04. The Bertz CT molecular complexity index is 229. The van der Waals surface area contributed by atoms with Crippen molar-refractivity contribution >= 4 is 5.78 Å². The quantitative estimate of drug-likeness (QED) is 0.713. The van der Waals surface area contributed by atoms with Crippen molar-refractivity contribution in [3.05, 3.63) is 0 Å². The van der Waals surface area contributed by atoms with Crippen molar-refractivity contribution in [2.75, 3.05) is 0 Å². The Hall–Kier alpha value is -0.550. The molecule has 2 unspecified atom stereocenters. The molecule has 0 saturated heterocycles. The number of aliphatic hydroxyl groups excluding tert-OH is 1. The molecule has 3 nitrogen and oxygen atoms in total. The maximum absolute atomic E-state index is 13.4. The van der Waals surface area contributed by atoms with Gasteiger partial charge in [0.15, 0.2) is 5.78 Å². The van der Waals surface area contributed by atoms with E-state index in [4.69, 9.17) is 10.8 Å². The molecule has 82 valence electrons. The van der Waals surface area contributed by atoms with Gasteiger partial charge in [0, 0.05) is 5.92 Å². The lowest BCUT2D eigenvalue weighted by atomic mass is 9.76. The molecule has 0 aromatic heterocycles. The van der Waals surface area contributed by atoms with E-state index in [1.807, 2.05) is 0 Å². The number of hydrogen-bond donors (Lipinski definition) is 2. The molecule has 0 aliphatic heterocycles. The second kappa shape index (κ2) is 3.90. The van der Waals surface area contributed by atoms with Gasteiger partial charge >= 0.3 is 0 Å². The van der Waals surface area contributed by atoms with E-state index in [1.165, 1.54) is 0 Å². The summed E-state index contributed by atoms with van der Waals surface area (Å²) < 4.78 is 26.9. The van der Waals surface area contributed by atoms with Crippen molar-refractivity contribution in [1.82, 2.24) is 0 Å². The third kappa shape index (κ3) is 1.93. The summed E-state index contributed by atoms with van der Waals surface area (Å²) in [6, 6.07) is -1.77. The van der Waals surface area contributed by atoms with Crippen LogP contribution >= 0.6 is 0 Å². The molecule has 0 bridgehead atoms. The summed E-state index contributed by atoms with van der Waals surface area (Å²) in [6.07, 6.45) is -0.148. The molecule has 0 radical (unpaired) electrons. The third-order valence-corrected chi connectivity index (χ3v) is 2.85. The highest BCUT2D eigenvalue weighted by molar-refractivity contribution is 5.81. The molecular weight excluding hydrogens is 192 g/mol. The van der Waals surface area contributed by atoms with E-state index in [2.05, 4.69) is 0 Å². The number of halogens is 2. The number of aliphatic hydroxyl groups is 1. The van der Waals surface area contributed by atoms with Crippen LogP contribution in [0.3, 0.4) is 0 Å². The summed E-state index contributed by atoms with van der Waals surface area (Å²) >= 11 is 0. The molecule has 1 rings (SSSR count). The number of carbonyl (C=O) groups excluding carboxylic acids is 1. The van der Waals surface area contributed by atoms with Crippen LogP contribution in [0.1, 0.15) is 26.2 Å². The van der Waals surface area contributed by atoms with Crippen molar-refractivity contribution in [1.29, 1.82) is 0 Å². The Morgan fingerprint density at radius 1 is 1.57 bits per heavy atom. The van der Waals surface area contributed by atoms with Crippen LogP contribution in [0.25, 0.3) is 0 Å². The number of Topliss-reactive ketones (excluding diaryl/α,β-unsaturated/α-hetero) is 1. The summed E-state index contributed by atoms with van der Waals surface area (Å²) in [6.45, 7) is 1.06. The fourth-order valence-corrected chi connectivity index (χ4v) is 1.53. The van der Waals surface area contributed by atoms with Crippen molar-refractivity contribution in [3.63, 3.8) is 0 Å². The molecule has 1 aliphatic carbocycles. The first kappa shape index (κ1) is 11.5. The van der Waals surface area contributed by atoms with Gasteiger partial charge in [-0.3, -0.25) is 4.79 Å². The fourth-order valence-electron chi connectivity index (χ4n) is 1.53. The van der Waals surface area contributed by atoms with E-state index >= 15 is 0 Å². The Balaban J connectivity index is 2.65. The minimum absolute atomic E-state index is 0.422. The van der Waals surface area contributed by atoms with Crippen LogP contribution in [0.4, 0.5) is 8.78 Å². The van der Waals surface area contributed by atoms with E-state index in [0.29, 0.717) is 12.8 Å². The Morgan fingerprint density at radius 2 is 2.07 bits per heavy atom. The lowest BCUT2D eigenvalue weighted by Crippen LogP contribution is -2.56. The lowest BCUT2D eigenvalue weighted by molar-refractivity contribution is -0.148. The molecule has 0 spiro atoms. The highest BCUT2D eigenvalue weighted by atomic mass is 19.3. The van der Waals surface area contributed by atoms with Gasteiger partial charge in [-0.05, 0) is 19.8 Å². The predicted molar refractivity (Wildman–Crippen MR) is 47.0 cm³/mol. The normalized spacial score (nSPS) is 22.6. The Morgan fingerprint density at radius 3 is 2.36 bits per heavy atom. The van der Waals surface area contributed by atoms with Crippen molar-refractivity contribution in [3.8, 4) is 0 Å². The number of alkyl halides is 2. The highest BCUT2D eigenvalue weighted by Gasteiger charge is 2.50. The Kier molecular flexibility index (Phi) is 3.21. The van der Waals surface area contributed by atoms with Crippen LogP contribution in [-0.4, -0.2) is 29.0 Å².